The summed E-state index contributed by atoms with van der Waals surface area (Å²) in [5.41, 5.74) is 1.68. The molecule has 0 unspecified atom stereocenters. The number of benzene rings is 3. The molecule has 0 radical (unpaired) electrons. The Balaban J connectivity index is 1.79. The average Bonchev–Trinajstić information content (AvgIpc) is 2.63. The standard InChI is InChI=1S/C20H17NO3S/c22-20(21-18-10-3-1-4-11-18)17-9-7-8-16(14-17)15-25(23,24)19-12-5-2-6-13-19/h1-14H,15H2,(H,21,22). The number of amides is 1. The highest BCUT2D eigenvalue weighted by atomic mass is 32.2. The molecule has 1 N–H and O–H groups in total. The largest absolute Gasteiger partial charge is 0.322 e. The van der Waals surface area contributed by atoms with Gasteiger partial charge in [0.1, 0.15) is 0 Å². The van der Waals surface area contributed by atoms with Crippen LogP contribution in [-0.2, 0) is 15.6 Å². The van der Waals surface area contributed by atoms with Crippen molar-refractivity contribution in [1.29, 1.82) is 0 Å². The molecule has 0 fully saturated rings. The molecule has 0 aliphatic heterocycles. The van der Waals surface area contributed by atoms with Crippen LogP contribution in [0.2, 0.25) is 0 Å². The van der Waals surface area contributed by atoms with Crippen LogP contribution in [0.15, 0.2) is 89.8 Å². The molecular formula is C20H17NO3S. The lowest BCUT2D eigenvalue weighted by molar-refractivity contribution is 0.102. The van der Waals surface area contributed by atoms with Crippen LogP contribution in [0.1, 0.15) is 15.9 Å². The van der Waals surface area contributed by atoms with Crippen LogP contribution in [0.25, 0.3) is 0 Å². The zero-order valence-corrected chi connectivity index (χ0v) is 14.2. The molecule has 5 heteroatoms. The summed E-state index contributed by atoms with van der Waals surface area (Å²) >= 11 is 0. The molecule has 0 bridgehead atoms. The number of hydrogen-bond donors (Lipinski definition) is 1. The lowest BCUT2D eigenvalue weighted by atomic mass is 10.1. The number of para-hydroxylation sites is 1. The van der Waals surface area contributed by atoms with E-state index in [2.05, 4.69) is 5.32 Å². The van der Waals surface area contributed by atoms with Crippen molar-refractivity contribution in [2.24, 2.45) is 0 Å². The zero-order valence-electron chi connectivity index (χ0n) is 13.4. The van der Waals surface area contributed by atoms with Crippen LogP contribution >= 0.6 is 0 Å². The van der Waals surface area contributed by atoms with Gasteiger partial charge in [-0.2, -0.15) is 0 Å². The zero-order chi connectivity index (χ0) is 17.7. The highest BCUT2D eigenvalue weighted by Gasteiger charge is 2.16. The maximum absolute atomic E-state index is 12.5. The van der Waals surface area contributed by atoms with Gasteiger partial charge in [0.2, 0.25) is 0 Å². The summed E-state index contributed by atoms with van der Waals surface area (Å²) in [5, 5.41) is 2.79. The molecular weight excluding hydrogens is 334 g/mol. The van der Waals surface area contributed by atoms with Gasteiger partial charge in [-0.15, -0.1) is 0 Å². The summed E-state index contributed by atoms with van der Waals surface area (Å²) < 4.78 is 24.9. The molecule has 0 heterocycles. The molecule has 0 saturated heterocycles. The third kappa shape index (κ3) is 4.33. The average molecular weight is 351 g/mol. The first-order valence-corrected chi connectivity index (χ1v) is 9.43. The van der Waals surface area contributed by atoms with E-state index >= 15 is 0 Å². The number of carbonyl (C=O) groups excluding carboxylic acids is 1. The van der Waals surface area contributed by atoms with E-state index in [1.165, 1.54) is 0 Å². The van der Waals surface area contributed by atoms with Gasteiger partial charge in [0.05, 0.1) is 10.6 Å². The minimum Gasteiger partial charge on any atom is -0.322 e. The molecule has 4 nitrogen and oxygen atoms in total. The SMILES string of the molecule is O=C(Nc1ccccc1)c1cccc(CS(=O)(=O)c2ccccc2)c1. The molecule has 3 aromatic rings. The highest BCUT2D eigenvalue weighted by Crippen LogP contribution is 2.17. The summed E-state index contributed by atoms with van der Waals surface area (Å²) in [7, 11) is -3.45. The van der Waals surface area contributed by atoms with Crippen molar-refractivity contribution in [3.8, 4) is 0 Å². The quantitative estimate of drug-likeness (QED) is 0.758. The van der Waals surface area contributed by atoms with Gasteiger partial charge in [0.25, 0.3) is 5.91 Å². The van der Waals surface area contributed by atoms with Crippen LogP contribution in [0.5, 0.6) is 0 Å². The second kappa shape index (κ2) is 7.32. The number of sulfone groups is 1. The molecule has 3 rings (SSSR count). The Hall–Kier alpha value is -2.92. The van der Waals surface area contributed by atoms with E-state index in [1.54, 1.807) is 66.7 Å². The molecule has 0 aliphatic carbocycles. The smallest absolute Gasteiger partial charge is 0.255 e. The number of carbonyl (C=O) groups is 1. The minimum absolute atomic E-state index is 0.149. The summed E-state index contributed by atoms with van der Waals surface area (Å²) in [6, 6.07) is 24.1. The van der Waals surface area contributed by atoms with E-state index in [1.807, 2.05) is 18.2 Å². The van der Waals surface area contributed by atoms with Gasteiger partial charge in [-0.05, 0) is 42.0 Å². The summed E-state index contributed by atoms with van der Waals surface area (Å²) in [5.74, 6) is -0.422. The van der Waals surface area contributed by atoms with Crippen LogP contribution in [0, 0.1) is 0 Å². The summed E-state index contributed by atoms with van der Waals surface area (Å²) in [6.45, 7) is 0. The number of nitrogens with one attached hydrogen (secondary N) is 1. The Kier molecular flexibility index (Phi) is 4.95. The molecule has 25 heavy (non-hydrogen) atoms. The van der Waals surface area contributed by atoms with Crippen LogP contribution < -0.4 is 5.32 Å². The predicted octanol–water partition coefficient (Wildman–Crippen LogP) is 3.91. The Morgan fingerprint density at radius 2 is 1.44 bits per heavy atom. The first-order valence-electron chi connectivity index (χ1n) is 7.78. The molecule has 0 saturated carbocycles. The van der Waals surface area contributed by atoms with E-state index in [0.29, 0.717) is 16.8 Å². The van der Waals surface area contributed by atoms with E-state index in [9.17, 15) is 13.2 Å². The van der Waals surface area contributed by atoms with Crippen LogP contribution in [0.4, 0.5) is 5.69 Å². The summed E-state index contributed by atoms with van der Waals surface area (Å²) in [4.78, 5) is 12.6. The van der Waals surface area contributed by atoms with Crippen molar-refractivity contribution < 1.29 is 13.2 Å². The second-order valence-electron chi connectivity index (χ2n) is 5.59. The number of rotatable bonds is 5. The van der Waals surface area contributed by atoms with Crippen molar-refractivity contribution in [3.05, 3.63) is 96.1 Å². The maximum Gasteiger partial charge on any atom is 0.255 e. The number of anilines is 1. The van der Waals surface area contributed by atoms with Crippen molar-refractivity contribution >= 4 is 21.4 Å². The van der Waals surface area contributed by atoms with Gasteiger partial charge in [-0.1, -0.05) is 48.5 Å². The van der Waals surface area contributed by atoms with Crippen LogP contribution in [0.3, 0.4) is 0 Å². The Morgan fingerprint density at radius 1 is 0.800 bits per heavy atom. The van der Waals surface area contributed by atoms with Gasteiger partial charge >= 0.3 is 0 Å². The summed E-state index contributed by atoms with van der Waals surface area (Å²) in [6.07, 6.45) is 0. The molecule has 0 aromatic heterocycles. The molecule has 1 amide bonds. The second-order valence-corrected chi connectivity index (χ2v) is 7.58. The normalized spacial score (nSPS) is 11.0. The van der Waals surface area contributed by atoms with Crippen molar-refractivity contribution in [2.45, 2.75) is 10.6 Å². The monoisotopic (exact) mass is 351 g/mol. The van der Waals surface area contributed by atoms with Crippen molar-refractivity contribution in [3.63, 3.8) is 0 Å². The minimum atomic E-state index is -3.45. The Bertz CT molecular complexity index is 968. The van der Waals surface area contributed by atoms with E-state index in [-0.39, 0.29) is 16.6 Å². The third-order valence-corrected chi connectivity index (χ3v) is 5.38. The molecule has 0 atom stereocenters. The predicted molar refractivity (Wildman–Crippen MR) is 98.2 cm³/mol. The lowest BCUT2D eigenvalue weighted by Gasteiger charge is -2.08. The fourth-order valence-electron chi connectivity index (χ4n) is 2.46. The van der Waals surface area contributed by atoms with Gasteiger partial charge in [-0.25, -0.2) is 8.42 Å². The topological polar surface area (TPSA) is 63.2 Å². The highest BCUT2D eigenvalue weighted by molar-refractivity contribution is 7.90. The van der Waals surface area contributed by atoms with Gasteiger partial charge in [0.15, 0.2) is 9.84 Å². The molecule has 0 aliphatic rings. The van der Waals surface area contributed by atoms with Crippen molar-refractivity contribution in [1.82, 2.24) is 0 Å². The first-order chi connectivity index (χ1) is 12.0. The molecule has 3 aromatic carbocycles. The molecule has 126 valence electrons. The molecule has 0 spiro atoms. The lowest BCUT2D eigenvalue weighted by Crippen LogP contribution is -2.12. The number of hydrogen-bond acceptors (Lipinski definition) is 3. The van der Waals surface area contributed by atoms with E-state index < -0.39 is 9.84 Å². The first kappa shape index (κ1) is 16.9. The van der Waals surface area contributed by atoms with Gasteiger partial charge in [0, 0.05) is 11.3 Å². The van der Waals surface area contributed by atoms with E-state index in [4.69, 9.17) is 0 Å². The maximum atomic E-state index is 12.5. The van der Waals surface area contributed by atoms with Gasteiger partial charge < -0.3 is 5.32 Å². The van der Waals surface area contributed by atoms with E-state index in [0.717, 1.165) is 0 Å². The fourth-order valence-corrected chi connectivity index (χ4v) is 3.81. The Morgan fingerprint density at radius 3 is 2.12 bits per heavy atom. The fraction of sp³-hybridized carbons (Fsp3) is 0.0500. The van der Waals surface area contributed by atoms with Crippen LogP contribution in [-0.4, -0.2) is 14.3 Å². The third-order valence-electron chi connectivity index (χ3n) is 3.68. The van der Waals surface area contributed by atoms with Crippen molar-refractivity contribution in [2.75, 3.05) is 5.32 Å². The Labute approximate surface area is 147 Å². The van der Waals surface area contributed by atoms with Gasteiger partial charge in [-0.3, -0.25) is 4.79 Å².